The van der Waals surface area contributed by atoms with Crippen LogP contribution in [0.3, 0.4) is 0 Å². The summed E-state index contributed by atoms with van der Waals surface area (Å²) >= 11 is 0. The number of nitrogens with zero attached hydrogens (tertiary/aromatic N) is 2. The van der Waals surface area contributed by atoms with Gasteiger partial charge in [0.1, 0.15) is 11.6 Å². The summed E-state index contributed by atoms with van der Waals surface area (Å²) in [6.07, 6.45) is 2.94. The molecule has 118 valence electrons. The molecule has 0 radical (unpaired) electrons. The van der Waals surface area contributed by atoms with Crippen molar-refractivity contribution in [1.29, 1.82) is 0 Å². The summed E-state index contributed by atoms with van der Waals surface area (Å²) < 4.78 is 10.1. The molecule has 7 nitrogen and oxygen atoms in total. The number of hydrogen-bond acceptors (Lipinski definition) is 5. The highest BCUT2D eigenvalue weighted by Gasteiger charge is 2.11. The summed E-state index contributed by atoms with van der Waals surface area (Å²) in [5, 5.41) is 9.37. The van der Waals surface area contributed by atoms with Crippen LogP contribution in [0.4, 0.5) is 5.95 Å². The number of rotatable bonds is 6. The Balaban J connectivity index is 1.55. The maximum absolute atomic E-state index is 11.8. The minimum absolute atomic E-state index is 0.217. The first kappa shape index (κ1) is 14.8. The number of carbonyl (C=O) groups is 1. The smallest absolute Gasteiger partial charge is 0.293 e. The molecule has 0 unspecified atom stereocenters. The van der Waals surface area contributed by atoms with E-state index in [1.165, 1.54) is 11.8 Å². The molecular weight excluding hydrogens is 296 g/mol. The van der Waals surface area contributed by atoms with Gasteiger partial charge in [-0.05, 0) is 36.2 Å². The average Bonchev–Trinajstić information content (AvgIpc) is 3.25. The van der Waals surface area contributed by atoms with E-state index in [0.717, 1.165) is 12.2 Å². The number of benzene rings is 1. The molecule has 1 amide bonds. The molecule has 0 bridgehead atoms. The van der Waals surface area contributed by atoms with Crippen molar-refractivity contribution in [3.63, 3.8) is 0 Å². The summed E-state index contributed by atoms with van der Waals surface area (Å²) in [6.45, 7) is 0. The Morgan fingerprint density at radius 2 is 2.09 bits per heavy atom. The normalized spacial score (nSPS) is 10.5. The molecule has 0 fully saturated rings. The van der Waals surface area contributed by atoms with Gasteiger partial charge in [0.05, 0.1) is 13.4 Å². The second-order valence-electron chi connectivity index (χ2n) is 4.89. The van der Waals surface area contributed by atoms with Gasteiger partial charge in [-0.1, -0.05) is 12.1 Å². The number of methoxy groups -OCH3 is 1. The molecule has 3 aromatic rings. The van der Waals surface area contributed by atoms with E-state index in [1.807, 2.05) is 24.3 Å². The van der Waals surface area contributed by atoms with Gasteiger partial charge >= 0.3 is 0 Å². The molecule has 3 rings (SSSR count). The monoisotopic (exact) mass is 312 g/mol. The van der Waals surface area contributed by atoms with Crippen molar-refractivity contribution in [2.75, 3.05) is 12.4 Å². The molecule has 0 saturated heterocycles. The van der Waals surface area contributed by atoms with Crippen LogP contribution in [0, 0.1) is 0 Å². The fourth-order valence-electron chi connectivity index (χ4n) is 2.09. The first-order valence-corrected chi connectivity index (χ1v) is 7.13. The number of aryl methyl sites for hydroxylation is 2. The van der Waals surface area contributed by atoms with Crippen LogP contribution >= 0.6 is 0 Å². The number of H-pyrrole nitrogens is 1. The van der Waals surface area contributed by atoms with Gasteiger partial charge in [0.2, 0.25) is 5.95 Å². The Morgan fingerprint density at radius 3 is 2.78 bits per heavy atom. The third kappa shape index (κ3) is 3.76. The van der Waals surface area contributed by atoms with Crippen LogP contribution in [0.15, 0.2) is 47.1 Å². The van der Waals surface area contributed by atoms with E-state index in [1.54, 1.807) is 19.2 Å². The largest absolute Gasteiger partial charge is 0.497 e. The quantitative estimate of drug-likeness (QED) is 0.729. The van der Waals surface area contributed by atoms with Crippen molar-refractivity contribution in [2.45, 2.75) is 12.8 Å². The van der Waals surface area contributed by atoms with Crippen LogP contribution in [0.1, 0.15) is 21.9 Å². The fourth-order valence-corrected chi connectivity index (χ4v) is 2.09. The summed E-state index contributed by atoms with van der Waals surface area (Å²) in [4.78, 5) is 16.1. The molecule has 23 heavy (non-hydrogen) atoms. The molecule has 0 spiro atoms. The molecule has 0 saturated carbocycles. The zero-order chi connectivity index (χ0) is 16.1. The van der Waals surface area contributed by atoms with Crippen molar-refractivity contribution < 1.29 is 13.9 Å². The number of nitrogens with one attached hydrogen (secondary N) is 2. The number of furan rings is 1. The minimum atomic E-state index is -0.379. The molecular formula is C16H16N4O3. The maximum Gasteiger partial charge on any atom is 0.293 e. The van der Waals surface area contributed by atoms with Crippen LogP contribution in [0.5, 0.6) is 5.75 Å². The Kier molecular flexibility index (Phi) is 4.37. The number of amides is 1. The maximum atomic E-state index is 11.8. The van der Waals surface area contributed by atoms with E-state index < -0.39 is 0 Å². The highest BCUT2D eigenvalue weighted by atomic mass is 16.5. The Hall–Kier alpha value is -3.09. The summed E-state index contributed by atoms with van der Waals surface area (Å²) in [7, 11) is 1.64. The Bertz CT molecular complexity index is 763. The predicted octanol–water partition coefficient (Wildman–Crippen LogP) is 2.44. The third-order valence-corrected chi connectivity index (χ3v) is 3.31. The minimum Gasteiger partial charge on any atom is -0.497 e. The lowest BCUT2D eigenvalue weighted by atomic mass is 10.1. The standard InChI is InChI=1S/C16H16N4O3/c1-22-12-7-4-11(5-8-12)6-9-14-17-16(20-19-14)18-15(21)13-3-2-10-23-13/h2-5,7-8,10H,6,9H2,1H3,(H2,17,18,19,20,21). The molecule has 1 aromatic carbocycles. The zero-order valence-electron chi connectivity index (χ0n) is 12.6. The van der Waals surface area contributed by atoms with Crippen LogP contribution in [-0.4, -0.2) is 28.2 Å². The third-order valence-electron chi connectivity index (χ3n) is 3.31. The van der Waals surface area contributed by atoms with E-state index in [2.05, 4.69) is 20.5 Å². The number of ether oxygens (including phenoxy) is 1. The van der Waals surface area contributed by atoms with Gasteiger partial charge in [-0.15, -0.1) is 5.10 Å². The van der Waals surface area contributed by atoms with Crippen LogP contribution in [0.2, 0.25) is 0 Å². The van der Waals surface area contributed by atoms with E-state index in [4.69, 9.17) is 9.15 Å². The molecule has 2 heterocycles. The summed E-state index contributed by atoms with van der Waals surface area (Å²) in [6, 6.07) is 11.1. The molecule has 0 atom stereocenters. The second-order valence-corrected chi connectivity index (χ2v) is 4.89. The van der Waals surface area contributed by atoms with Gasteiger partial charge in [0.15, 0.2) is 5.76 Å². The lowest BCUT2D eigenvalue weighted by Gasteiger charge is -2.02. The summed E-state index contributed by atoms with van der Waals surface area (Å²) in [5.41, 5.74) is 1.17. The van der Waals surface area contributed by atoms with Gasteiger partial charge in [-0.2, -0.15) is 4.98 Å². The molecule has 2 aromatic heterocycles. The van der Waals surface area contributed by atoms with E-state index in [-0.39, 0.29) is 17.6 Å². The summed E-state index contributed by atoms with van der Waals surface area (Å²) in [5.74, 6) is 1.60. The topological polar surface area (TPSA) is 93.0 Å². The number of aromatic amines is 1. The predicted molar refractivity (Wildman–Crippen MR) is 83.4 cm³/mol. The second kappa shape index (κ2) is 6.78. The Morgan fingerprint density at radius 1 is 1.26 bits per heavy atom. The van der Waals surface area contributed by atoms with Crippen molar-refractivity contribution in [1.82, 2.24) is 15.2 Å². The van der Waals surface area contributed by atoms with E-state index in [9.17, 15) is 4.79 Å². The van der Waals surface area contributed by atoms with Gasteiger partial charge < -0.3 is 9.15 Å². The molecule has 0 aliphatic carbocycles. The fraction of sp³-hybridized carbons (Fsp3) is 0.188. The molecule has 2 N–H and O–H groups in total. The van der Waals surface area contributed by atoms with E-state index in [0.29, 0.717) is 12.2 Å². The van der Waals surface area contributed by atoms with Gasteiger partial charge in [0, 0.05) is 6.42 Å². The van der Waals surface area contributed by atoms with Crippen molar-refractivity contribution >= 4 is 11.9 Å². The molecule has 0 aliphatic rings. The first-order valence-electron chi connectivity index (χ1n) is 7.13. The van der Waals surface area contributed by atoms with Crippen molar-refractivity contribution in [3.05, 3.63) is 59.8 Å². The highest BCUT2D eigenvalue weighted by molar-refractivity contribution is 6.01. The number of aromatic nitrogens is 3. The molecule has 0 aliphatic heterocycles. The van der Waals surface area contributed by atoms with Gasteiger partial charge in [-0.3, -0.25) is 15.2 Å². The van der Waals surface area contributed by atoms with Gasteiger partial charge in [0.25, 0.3) is 5.91 Å². The number of anilines is 1. The number of carbonyl (C=O) groups excluding carboxylic acids is 1. The SMILES string of the molecule is COc1ccc(CCc2nc(NC(=O)c3ccco3)n[nH]2)cc1. The van der Waals surface area contributed by atoms with E-state index >= 15 is 0 Å². The lowest BCUT2D eigenvalue weighted by molar-refractivity contribution is 0.0996. The first-order chi connectivity index (χ1) is 11.2. The molecule has 7 heteroatoms. The lowest BCUT2D eigenvalue weighted by Crippen LogP contribution is -2.12. The zero-order valence-corrected chi connectivity index (χ0v) is 12.6. The van der Waals surface area contributed by atoms with Crippen molar-refractivity contribution in [3.8, 4) is 5.75 Å². The van der Waals surface area contributed by atoms with Crippen molar-refractivity contribution in [2.24, 2.45) is 0 Å². The highest BCUT2D eigenvalue weighted by Crippen LogP contribution is 2.13. The van der Waals surface area contributed by atoms with Crippen LogP contribution in [0.25, 0.3) is 0 Å². The van der Waals surface area contributed by atoms with Gasteiger partial charge in [-0.25, -0.2) is 0 Å². The number of hydrogen-bond donors (Lipinski definition) is 2. The van der Waals surface area contributed by atoms with Crippen LogP contribution < -0.4 is 10.1 Å². The Labute approximate surface area is 132 Å². The average molecular weight is 312 g/mol. The van der Waals surface area contributed by atoms with Crippen LogP contribution in [-0.2, 0) is 12.8 Å².